The van der Waals surface area contributed by atoms with Crippen LogP contribution in [0.2, 0.25) is 5.02 Å². The number of hydrogen-bond donors (Lipinski definition) is 2. The fourth-order valence-corrected chi connectivity index (χ4v) is 2.00. The summed E-state index contributed by atoms with van der Waals surface area (Å²) in [5, 5.41) is 7.02. The normalized spacial score (nSPS) is 10.2. The van der Waals surface area contributed by atoms with Crippen molar-refractivity contribution >= 4 is 28.9 Å². The second kappa shape index (κ2) is 6.36. The minimum Gasteiger partial charge on any atom is -0.495 e. The Kier molecular flexibility index (Phi) is 4.54. The zero-order valence-corrected chi connectivity index (χ0v) is 12.3. The van der Waals surface area contributed by atoms with Gasteiger partial charge in [-0.15, -0.1) is 0 Å². The van der Waals surface area contributed by atoms with Crippen LogP contribution in [0.3, 0.4) is 0 Å². The molecule has 1 heterocycles. The van der Waals surface area contributed by atoms with E-state index in [1.165, 1.54) is 25.1 Å². The fourth-order valence-electron chi connectivity index (χ4n) is 1.76. The first-order valence-corrected chi connectivity index (χ1v) is 6.40. The number of ether oxygens (including phenoxy) is 2. The van der Waals surface area contributed by atoms with Gasteiger partial charge >= 0.3 is 0 Å². The lowest BCUT2D eigenvalue weighted by Crippen LogP contribution is -2.19. The SMILES string of the molecule is COc1cc(OC)c(NC(=O)Cn2cc(N)cn2)cc1Cl. The second-order valence-corrected chi connectivity index (χ2v) is 4.61. The van der Waals surface area contributed by atoms with Crippen molar-refractivity contribution in [2.75, 3.05) is 25.3 Å². The van der Waals surface area contributed by atoms with E-state index in [1.54, 1.807) is 18.3 Å². The van der Waals surface area contributed by atoms with Crippen LogP contribution in [0, 0.1) is 0 Å². The molecule has 0 spiro atoms. The molecule has 1 aromatic carbocycles. The molecule has 0 aliphatic rings. The maximum absolute atomic E-state index is 12.0. The van der Waals surface area contributed by atoms with Crippen LogP contribution >= 0.6 is 11.6 Å². The summed E-state index contributed by atoms with van der Waals surface area (Å²) in [7, 11) is 2.99. The van der Waals surface area contributed by atoms with E-state index in [2.05, 4.69) is 10.4 Å². The number of amides is 1. The lowest BCUT2D eigenvalue weighted by Gasteiger charge is -2.13. The first-order valence-electron chi connectivity index (χ1n) is 6.02. The number of nitrogens with two attached hydrogens (primary N) is 1. The molecule has 112 valence electrons. The predicted octanol–water partition coefficient (Wildman–Crippen LogP) is 1.77. The van der Waals surface area contributed by atoms with E-state index in [0.29, 0.717) is 27.9 Å². The minimum absolute atomic E-state index is 0.0317. The van der Waals surface area contributed by atoms with Gasteiger partial charge in [-0.05, 0) is 6.07 Å². The molecule has 0 aliphatic carbocycles. The largest absolute Gasteiger partial charge is 0.495 e. The number of nitrogens with one attached hydrogen (secondary N) is 1. The van der Waals surface area contributed by atoms with Crippen molar-refractivity contribution in [3.8, 4) is 11.5 Å². The molecule has 0 radical (unpaired) electrons. The number of hydrogen-bond acceptors (Lipinski definition) is 5. The molecule has 3 N–H and O–H groups in total. The number of methoxy groups -OCH3 is 2. The maximum atomic E-state index is 12.0. The van der Waals surface area contributed by atoms with E-state index in [-0.39, 0.29) is 12.5 Å². The van der Waals surface area contributed by atoms with Gasteiger partial charge in [-0.25, -0.2) is 0 Å². The van der Waals surface area contributed by atoms with E-state index >= 15 is 0 Å². The molecule has 21 heavy (non-hydrogen) atoms. The molecular formula is C13H15ClN4O3. The maximum Gasteiger partial charge on any atom is 0.246 e. The predicted molar refractivity (Wildman–Crippen MR) is 79.8 cm³/mol. The molecule has 0 fully saturated rings. The van der Waals surface area contributed by atoms with Crippen LogP contribution in [-0.4, -0.2) is 29.9 Å². The van der Waals surface area contributed by atoms with Gasteiger partial charge in [0.15, 0.2) is 0 Å². The van der Waals surface area contributed by atoms with Crippen LogP contribution in [0.15, 0.2) is 24.5 Å². The highest BCUT2D eigenvalue weighted by molar-refractivity contribution is 6.32. The standard InChI is InChI=1S/C13H15ClN4O3/c1-20-11-4-12(21-2)10(3-9(11)14)17-13(19)7-18-6-8(15)5-16-18/h3-6H,7,15H2,1-2H3,(H,17,19). The quantitative estimate of drug-likeness (QED) is 0.878. The molecule has 1 amide bonds. The second-order valence-electron chi connectivity index (χ2n) is 4.21. The first-order chi connectivity index (χ1) is 10.0. The van der Waals surface area contributed by atoms with Crippen molar-refractivity contribution in [3.05, 3.63) is 29.5 Å². The molecule has 2 aromatic rings. The van der Waals surface area contributed by atoms with E-state index in [0.717, 1.165) is 0 Å². The Bertz CT molecular complexity index is 657. The third-order valence-electron chi connectivity index (χ3n) is 2.71. The number of halogens is 1. The first kappa shape index (κ1) is 15.0. The molecule has 7 nitrogen and oxygen atoms in total. The molecule has 1 aromatic heterocycles. The van der Waals surface area contributed by atoms with Crippen molar-refractivity contribution < 1.29 is 14.3 Å². The minimum atomic E-state index is -0.280. The molecule has 0 bridgehead atoms. The fraction of sp³-hybridized carbons (Fsp3) is 0.231. The molecule has 0 unspecified atom stereocenters. The summed E-state index contributed by atoms with van der Waals surface area (Å²) in [6.07, 6.45) is 3.04. The number of rotatable bonds is 5. The van der Waals surface area contributed by atoms with Gasteiger partial charge < -0.3 is 20.5 Å². The third-order valence-corrected chi connectivity index (χ3v) is 3.00. The molecule has 0 saturated heterocycles. The average Bonchev–Trinajstić information content (AvgIpc) is 2.84. The van der Waals surface area contributed by atoms with Gasteiger partial charge in [0.05, 0.1) is 36.8 Å². The Labute approximate surface area is 126 Å². The number of aromatic nitrogens is 2. The zero-order chi connectivity index (χ0) is 15.4. The van der Waals surface area contributed by atoms with Crippen molar-refractivity contribution in [1.29, 1.82) is 0 Å². The molecular weight excluding hydrogens is 296 g/mol. The molecule has 2 rings (SSSR count). The van der Waals surface area contributed by atoms with E-state index in [9.17, 15) is 4.79 Å². The van der Waals surface area contributed by atoms with Crippen LogP contribution in [-0.2, 0) is 11.3 Å². The number of nitrogen functional groups attached to an aromatic ring is 1. The summed E-state index contributed by atoms with van der Waals surface area (Å²) in [6.45, 7) is 0.0317. The molecule has 0 atom stereocenters. The highest BCUT2D eigenvalue weighted by atomic mass is 35.5. The highest BCUT2D eigenvalue weighted by Crippen LogP contribution is 2.35. The Morgan fingerprint density at radius 2 is 2.10 bits per heavy atom. The topological polar surface area (TPSA) is 91.4 Å². The Balaban J connectivity index is 2.14. The van der Waals surface area contributed by atoms with E-state index in [4.69, 9.17) is 26.8 Å². The lowest BCUT2D eigenvalue weighted by atomic mass is 10.2. The number of anilines is 2. The number of benzene rings is 1. The number of carbonyl (C=O) groups excluding carboxylic acids is 1. The van der Waals surface area contributed by atoms with Crippen molar-refractivity contribution in [2.45, 2.75) is 6.54 Å². The molecule has 8 heteroatoms. The summed E-state index contributed by atoms with van der Waals surface area (Å²) >= 11 is 6.04. The van der Waals surface area contributed by atoms with Gasteiger partial charge in [-0.1, -0.05) is 11.6 Å². The van der Waals surface area contributed by atoms with Crippen LogP contribution < -0.4 is 20.5 Å². The molecule has 0 aliphatic heterocycles. The van der Waals surface area contributed by atoms with E-state index in [1.807, 2.05) is 0 Å². The Hall–Kier alpha value is -2.41. The van der Waals surface area contributed by atoms with Crippen LogP contribution in [0.4, 0.5) is 11.4 Å². The summed E-state index contributed by atoms with van der Waals surface area (Å²) in [5.74, 6) is 0.633. The van der Waals surface area contributed by atoms with Gasteiger partial charge in [0.25, 0.3) is 0 Å². The number of nitrogens with zero attached hydrogens (tertiary/aromatic N) is 2. The summed E-state index contributed by atoms with van der Waals surface area (Å²) in [4.78, 5) is 12.0. The van der Waals surface area contributed by atoms with Crippen molar-refractivity contribution in [1.82, 2.24) is 9.78 Å². The Morgan fingerprint density at radius 1 is 1.38 bits per heavy atom. The monoisotopic (exact) mass is 310 g/mol. The summed E-state index contributed by atoms with van der Waals surface area (Å²) in [6, 6.07) is 3.17. The molecule has 0 saturated carbocycles. The third kappa shape index (κ3) is 3.57. The lowest BCUT2D eigenvalue weighted by molar-refractivity contribution is -0.116. The Morgan fingerprint density at radius 3 is 2.67 bits per heavy atom. The number of carbonyl (C=O) groups is 1. The van der Waals surface area contributed by atoms with Gasteiger partial charge in [-0.2, -0.15) is 5.10 Å². The van der Waals surface area contributed by atoms with Gasteiger partial charge in [-0.3, -0.25) is 9.48 Å². The highest BCUT2D eigenvalue weighted by Gasteiger charge is 2.13. The van der Waals surface area contributed by atoms with Crippen LogP contribution in [0.5, 0.6) is 11.5 Å². The smallest absolute Gasteiger partial charge is 0.246 e. The van der Waals surface area contributed by atoms with Crippen LogP contribution in [0.1, 0.15) is 0 Å². The van der Waals surface area contributed by atoms with Gasteiger partial charge in [0, 0.05) is 12.3 Å². The summed E-state index contributed by atoms with van der Waals surface area (Å²) < 4.78 is 11.7. The zero-order valence-electron chi connectivity index (χ0n) is 11.6. The summed E-state index contributed by atoms with van der Waals surface area (Å²) in [5.41, 5.74) is 6.48. The van der Waals surface area contributed by atoms with Crippen molar-refractivity contribution in [2.24, 2.45) is 0 Å². The van der Waals surface area contributed by atoms with Gasteiger partial charge in [0.1, 0.15) is 18.0 Å². The van der Waals surface area contributed by atoms with Crippen molar-refractivity contribution in [3.63, 3.8) is 0 Å². The van der Waals surface area contributed by atoms with E-state index < -0.39 is 0 Å². The van der Waals surface area contributed by atoms with Gasteiger partial charge in [0.2, 0.25) is 5.91 Å². The van der Waals surface area contributed by atoms with Crippen LogP contribution in [0.25, 0.3) is 0 Å². The average molecular weight is 311 g/mol.